The van der Waals surface area contributed by atoms with E-state index >= 15 is 0 Å². The number of aliphatic hydroxyl groups is 2. The first kappa shape index (κ1) is 15.9. The largest absolute Gasteiger partial charge is 0.516 e. The molecular formula is C6H10F3NO6S. The van der Waals surface area contributed by atoms with E-state index in [-0.39, 0.29) is 0 Å². The molecule has 0 saturated heterocycles. The summed E-state index contributed by atoms with van der Waals surface area (Å²) >= 11 is 0. The molecule has 1 unspecified atom stereocenters. The Morgan fingerprint density at radius 1 is 1.41 bits per heavy atom. The Labute approximate surface area is 94.2 Å². The van der Waals surface area contributed by atoms with Gasteiger partial charge in [0.1, 0.15) is 12.2 Å². The molecule has 7 nitrogen and oxygen atoms in total. The summed E-state index contributed by atoms with van der Waals surface area (Å²) in [7, 11) is -5.84. The molecule has 0 aliphatic heterocycles. The lowest BCUT2D eigenvalue weighted by Crippen LogP contribution is -2.43. The molecule has 0 heterocycles. The summed E-state index contributed by atoms with van der Waals surface area (Å²) in [4.78, 5) is 10.7. The minimum atomic E-state index is -5.84. The molecule has 3 N–H and O–H groups in total. The molecule has 0 aliphatic carbocycles. The van der Waals surface area contributed by atoms with E-state index in [2.05, 4.69) is 4.74 Å². The smallest absolute Gasteiger partial charge is 0.446 e. The highest BCUT2D eigenvalue weighted by atomic mass is 32.2. The molecular weight excluding hydrogens is 271 g/mol. The zero-order valence-electron chi connectivity index (χ0n) is 8.48. The predicted molar refractivity (Wildman–Crippen MR) is 47.2 cm³/mol. The van der Waals surface area contributed by atoms with Crippen LogP contribution in [-0.4, -0.2) is 49.0 Å². The van der Waals surface area contributed by atoms with Crippen LogP contribution in [0.25, 0.3) is 0 Å². The van der Waals surface area contributed by atoms with Crippen LogP contribution in [-0.2, 0) is 14.8 Å². The first-order valence-corrected chi connectivity index (χ1v) is 5.49. The lowest BCUT2D eigenvalue weighted by Gasteiger charge is -2.19. The number of sulfonamides is 1. The third kappa shape index (κ3) is 5.19. The average molecular weight is 281 g/mol. The number of alkyl halides is 3. The first-order valence-electron chi connectivity index (χ1n) is 4.00. The number of aliphatic hydroxyl groups excluding tert-OH is 1. The highest BCUT2D eigenvalue weighted by molar-refractivity contribution is 7.90. The third-order valence-electron chi connectivity index (χ3n) is 1.38. The number of hydrogen-bond acceptors (Lipinski definition) is 6. The average Bonchev–Trinajstić information content (AvgIpc) is 2.12. The van der Waals surface area contributed by atoms with Gasteiger partial charge in [0.05, 0.1) is 6.61 Å². The predicted octanol–water partition coefficient (Wildman–Crippen LogP) is -0.694. The van der Waals surface area contributed by atoms with Gasteiger partial charge in [-0.25, -0.2) is 9.52 Å². The SMILES string of the molecule is CC(O)(CO)COC(=O)NS(=O)(=O)C(F)(F)F. The van der Waals surface area contributed by atoms with Crippen LogP contribution in [0.15, 0.2) is 0 Å². The molecule has 0 radical (unpaired) electrons. The number of amides is 1. The molecule has 0 aromatic rings. The summed E-state index contributed by atoms with van der Waals surface area (Å²) in [6, 6.07) is 0. The van der Waals surface area contributed by atoms with E-state index < -0.39 is 40.4 Å². The maximum Gasteiger partial charge on any atom is 0.516 e. The maximum atomic E-state index is 11.8. The van der Waals surface area contributed by atoms with Gasteiger partial charge in [-0.15, -0.1) is 0 Å². The fourth-order valence-electron chi connectivity index (χ4n) is 0.464. The third-order valence-corrected chi connectivity index (χ3v) is 2.42. The molecule has 0 aliphatic rings. The monoisotopic (exact) mass is 281 g/mol. The van der Waals surface area contributed by atoms with Crippen LogP contribution in [0.3, 0.4) is 0 Å². The fourth-order valence-corrected chi connectivity index (χ4v) is 0.858. The van der Waals surface area contributed by atoms with Crippen molar-refractivity contribution in [1.29, 1.82) is 0 Å². The van der Waals surface area contributed by atoms with E-state index in [1.165, 1.54) is 0 Å². The van der Waals surface area contributed by atoms with Crippen LogP contribution < -0.4 is 4.72 Å². The molecule has 0 rings (SSSR count). The van der Waals surface area contributed by atoms with E-state index in [4.69, 9.17) is 10.2 Å². The Morgan fingerprint density at radius 2 is 1.88 bits per heavy atom. The summed E-state index contributed by atoms with van der Waals surface area (Å²) in [5.74, 6) is 0. The van der Waals surface area contributed by atoms with Crippen LogP contribution in [0.4, 0.5) is 18.0 Å². The van der Waals surface area contributed by atoms with Gasteiger partial charge in [0.25, 0.3) is 0 Å². The van der Waals surface area contributed by atoms with Crippen LogP contribution in [0.5, 0.6) is 0 Å². The quantitative estimate of drug-likeness (QED) is 0.628. The Kier molecular flexibility index (Phi) is 4.74. The zero-order chi connectivity index (χ0) is 13.9. The van der Waals surface area contributed by atoms with E-state index in [1.807, 2.05) is 0 Å². The number of hydrogen-bond donors (Lipinski definition) is 3. The molecule has 0 saturated carbocycles. The first-order chi connectivity index (χ1) is 7.41. The normalized spacial score (nSPS) is 16.1. The van der Waals surface area contributed by atoms with Crippen LogP contribution >= 0.6 is 0 Å². The summed E-state index contributed by atoms with van der Waals surface area (Å²) in [6.45, 7) is -0.673. The number of rotatable bonds is 4. The molecule has 17 heavy (non-hydrogen) atoms. The number of carbonyl (C=O) groups excluding carboxylic acids is 1. The standard InChI is InChI=1S/C6H10F3NO6S/c1-5(13,2-11)3-16-4(12)10-17(14,15)6(7,8)9/h11,13H,2-3H2,1H3,(H,10,12). The molecule has 11 heteroatoms. The van der Waals surface area contributed by atoms with Crippen molar-refractivity contribution in [2.24, 2.45) is 0 Å². The van der Waals surface area contributed by atoms with Gasteiger partial charge in [0, 0.05) is 0 Å². The summed E-state index contributed by atoms with van der Waals surface area (Å²) in [6.07, 6.45) is -1.91. The molecule has 0 aromatic carbocycles. The highest BCUT2D eigenvalue weighted by Gasteiger charge is 2.47. The Hall–Kier alpha value is -1.07. The van der Waals surface area contributed by atoms with Crippen LogP contribution in [0.1, 0.15) is 6.92 Å². The summed E-state index contributed by atoms with van der Waals surface area (Å²) < 4.78 is 60.8. The maximum absolute atomic E-state index is 11.8. The van der Waals surface area contributed by atoms with E-state index in [0.717, 1.165) is 6.92 Å². The van der Waals surface area contributed by atoms with Crippen LogP contribution in [0.2, 0.25) is 0 Å². The Balaban J connectivity index is 4.41. The van der Waals surface area contributed by atoms with Crippen molar-refractivity contribution in [1.82, 2.24) is 4.72 Å². The van der Waals surface area contributed by atoms with Crippen molar-refractivity contribution in [3.8, 4) is 0 Å². The van der Waals surface area contributed by atoms with Crippen molar-refractivity contribution in [2.45, 2.75) is 18.0 Å². The van der Waals surface area contributed by atoms with Gasteiger partial charge in [-0.2, -0.15) is 21.6 Å². The van der Waals surface area contributed by atoms with Gasteiger partial charge in [0.15, 0.2) is 0 Å². The van der Waals surface area contributed by atoms with Crippen LogP contribution in [0, 0.1) is 0 Å². The van der Waals surface area contributed by atoms with Crippen molar-refractivity contribution in [3.63, 3.8) is 0 Å². The van der Waals surface area contributed by atoms with Gasteiger partial charge in [0.2, 0.25) is 0 Å². The second kappa shape index (κ2) is 5.06. The summed E-state index contributed by atoms with van der Waals surface area (Å²) in [5.41, 5.74) is -7.52. The second-order valence-corrected chi connectivity index (χ2v) is 4.96. The van der Waals surface area contributed by atoms with Gasteiger partial charge in [-0.05, 0) is 6.92 Å². The second-order valence-electron chi connectivity index (χ2n) is 3.28. The van der Waals surface area contributed by atoms with Gasteiger partial charge < -0.3 is 14.9 Å². The van der Waals surface area contributed by atoms with Gasteiger partial charge >= 0.3 is 21.6 Å². The van der Waals surface area contributed by atoms with Crippen molar-refractivity contribution >= 4 is 16.1 Å². The molecule has 1 amide bonds. The van der Waals surface area contributed by atoms with Gasteiger partial charge in [-0.3, -0.25) is 0 Å². The summed E-state index contributed by atoms with van der Waals surface area (Å²) in [5, 5.41) is 17.6. The fraction of sp³-hybridized carbons (Fsp3) is 0.833. The number of ether oxygens (including phenoxy) is 1. The van der Waals surface area contributed by atoms with Crippen molar-refractivity contribution in [3.05, 3.63) is 0 Å². The molecule has 0 bridgehead atoms. The topological polar surface area (TPSA) is 113 Å². The Morgan fingerprint density at radius 3 is 2.24 bits per heavy atom. The van der Waals surface area contributed by atoms with E-state index in [9.17, 15) is 26.4 Å². The number of nitrogens with one attached hydrogen (secondary N) is 1. The molecule has 0 fully saturated rings. The lowest BCUT2D eigenvalue weighted by atomic mass is 10.1. The minimum Gasteiger partial charge on any atom is -0.446 e. The van der Waals surface area contributed by atoms with E-state index in [1.54, 1.807) is 0 Å². The zero-order valence-corrected chi connectivity index (χ0v) is 9.30. The highest BCUT2D eigenvalue weighted by Crippen LogP contribution is 2.21. The molecule has 0 spiro atoms. The Bertz CT molecular complexity index is 376. The number of halogens is 3. The lowest BCUT2D eigenvalue weighted by molar-refractivity contribution is -0.0486. The molecule has 1 atom stereocenters. The number of carbonyl (C=O) groups is 1. The van der Waals surface area contributed by atoms with Gasteiger partial charge in [-0.1, -0.05) is 0 Å². The van der Waals surface area contributed by atoms with E-state index in [0.29, 0.717) is 4.72 Å². The van der Waals surface area contributed by atoms with Crippen molar-refractivity contribution < 1.29 is 41.3 Å². The van der Waals surface area contributed by atoms with Crippen molar-refractivity contribution in [2.75, 3.05) is 13.2 Å². The molecule has 102 valence electrons. The molecule has 0 aromatic heterocycles. The minimum absolute atomic E-state index is 0.586.